The second-order valence-electron chi connectivity index (χ2n) is 29.5. The summed E-state index contributed by atoms with van der Waals surface area (Å²) in [5, 5.41) is 336. The molecule has 10 rings (SSSR count). The molecule has 0 aromatic heterocycles. The molecule has 0 spiro atoms. The van der Waals surface area contributed by atoms with Crippen LogP contribution < -0.4 is 10.6 Å². The summed E-state index contributed by atoms with van der Waals surface area (Å²) in [5.74, 6) is -1.76. The van der Waals surface area contributed by atoms with Gasteiger partial charge in [0.2, 0.25) is 11.8 Å². The SMILES string of the molecule is CC(=O)N[C@H]1[C@H](O[C@H]2[C@H](O)[C@@H](NC(C)=O)C(O)O[C@@H]2CO)O[C@H](CO)[C@@H](O[C@@H]2O[C@H](CO[C@H]3O[C@H](CO[C@H]4O[C@H](CO)[C@@H](O)[C@H](O)[C@@H]4O[C@H]4O[C@H](CO)[C@@H](O)[C@H](O)[C@@H]4O)[C@@H](O)[C@H](O)[C@@H]3O)[C@@H](O)[C@H](O[C@H]3O[C@H](CO)[C@@H](O)[C@H](O)[C@@H]3O[C@H]3O[C@H](CO)[C@@H](O)[C@H](O)[C@@H]3O[C@H]3O[C@H](CO)[C@@H](O)[C@H](O[C@H]4O[C@H](CO)[C@@H](O)[C@H](O)[C@H]4O)[C@@H]3O)[C@@H]2O)[C@@H]1O. The van der Waals surface area contributed by atoms with Gasteiger partial charge in [0.05, 0.1) is 66.1 Å². The van der Waals surface area contributed by atoms with E-state index in [9.17, 15) is 163 Å². The summed E-state index contributed by atoms with van der Waals surface area (Å²) in [5.41, 5.74) is 0. The monoisotopic (exact) mass is 1720 g/mol. The van der Waals surface area contributed by atoms with Crippen molar-refractivity contribution in [2.75, 3.05) is 66.1 Å². The third-order valence-corrected chi connectivity index (χ3v) is 21.7. The first kappa shape index (κ1) is 96.2. The molecule has 0 aliphatic carbocycles. The smallest absolute Gasteiger partial charge is 0.217 e. The van der Waals surface area contributed by atoms with Crippen LogP contribution in [0, 0.1) is 0 Å². The highest BCUT2D eigenvalue weighted by atomic mass is 16.8. The summed E-state index contributed by atoms with van der Waals surface area (Å²) >= 11 is 0. The summed E-state index contributed by atoms with van der Waals surface area (Å²) in [7, 11) is 0. The van der Waals surface area contributed by atoms with Gasteiger partial charge in [0.15, 0.2) is 62.9 Å². The molecule has 10 aliphatic heterocycles. The van der Waals surface area contributed by atoms with Crippen molar-refractivity contribution in [1.29, 1.82) is 0 Å². The molecule has 0 saturated carbocycles. The average molecular weight is 1720 g/mol. The highest BCUT2D eigenvalue weighted by Gasteiger charge is 2.61. The second kappa shape index (κ2) is 41.9. The first-order valence-corrected chi connectivity index (χ1v) is 37.2. The van der Waals surface area contributed by atoms with Gasteiger partial charge in [-0.15, -0.1) is 0 Å². The van der Waals surface area contributed by atoms with Crippen LogP contribution in [0.15, 0.2) is 0 Å². The zero-order valence-electron chi connectivity index (χ0n) is 61.9. The fourth-order valence-corrected chi connectivity index (χ4v) is 15.0. The Morgan fingerprint density at radius 1 is 0.222 bits per heavy atom. The molecule has 0 aromatic carbocycles. The molecule has 0 aromatic rings. The Kier molecular flexibility index (Phi) is 34.4. The Labute approximate surface area is 660 Å². The summed E-state index contributed by atoms with van der Waals surface area (Å²) in [6, 6.07) is -3.60. The van der Waals surface area contributed by atoms with E-state index in [4.69, 9.17) is 90.0 Å². The van der Waals surface area contributed by atoms with E-state index in [1.807, 2.05) is 0 Å². The maximum atomic E-state index is 13.0. The number of carbonyl (C=O) groups excluding carboxylic acids is 2. The predicted molar refractivity (Wildman–Crippen MR) is 353 cm³/mol. The Bertz CT molecular complexity index is 3050. The number of hydrogen-bond acceptors (Lipinski definition) is 51. The Hall–Kier alpha value is -3.02. The highest BCUT2D eigenvalue weighted by Crippen LogP contribution is 2.41. The molecule has 1 unspecified atom stereocenters. The molecule has 10 aliphatic rings. The lowest BCUT2D eigenvalue weighted by atomic mass is 9.94. The first-order valence-electron chi connectivity index (χ1n) is 37.2. The molecule has 0 bridgehead atoms. The van der Waals surface area contributed by atoms with Gasteiger partial charge in [-0.25, -0.2) is 0 Å². The minimum atomic E-state index is -2.61. The van der Waals surface area contributed by atoms with Crippen molar-refractivity contribution >= 4 is 11.8 Å². The normalized spacial score (nSPS) is 51.5. The van der Waals surface area contributed by atoms with E-state index in [-0.39, 0.29) is 0 Å². The van der Waals surface area contributed by atoms with Crippen molar-refractivity contribution in [2.24, 2.45) is 0 Å². The summed E-state index contributed by atoms with van der Waals surface area (Å²) in [6.07, 6.45) is -102. The molecule has 50 atom stereocenters. The number of aliphatic hydroxyl groups excluding tert-OH is 30. The molecule has 10 heterocycles. The van der Waals surface area contributed by atoms with Crippen LogP contribution in [0.25, 0.3) is 0 Å². The van der Waals surface area contributed by atoms with Crippen molar-refractivity contribution < 1.29 is 253 Å². The van der Waals surface area contributed by atoms with Crippen LogP contribution in [-0.2, 0) is 99.6 Å². The van der Waals surface area contributed by atoms with Crippen molar-refractivity contribution in [3.05, 3.63) is 0 Å². The quantitative estimate of drug-likeness (QED) is 0.0318. The minimum absolute atomic E-state index is 0.798. The van der Waals surface area contributed by atoms with Crippen molar-refractivity contribution in [2.45, 2.75) is 321 Å². The van der Waals surface area contributed by atoms with Crippen LogP contribution in [0.1, 0.15) is 13.8 Å². The third kappa shape index (κ3) is 20.7. The van der Waals surface area contributed by atoms with E-state index in [2.05, 4.69) is 10.6 Å². The number of rotatable bonds is 30. The van der Waals surface area contributed by atoms with Gasteiger partial charge >= 0.3 is 0 Å². The van der Waals surface area contributed by atoms with Crippen LogP contribution >= 0.6 is 0 Å². The summed E-state index contributed by atoms with van der Waals surface area (Å²) in [4.78, 5) is 25.1. The van der Waals surface area contributed by atoms with Crippen molar-refractivity contribution in [1.82, 2.24) is 10.6 Å². The number of ether oxygens (including phenoxy) is 19. The molecule has 32 N–H and O–H groups in total. The van der Waals surface area contributed by atoms with Gasteiger partial charge in [-0.05, 0) is 0 Å². The molecule has 10 fully saturated rings. The van der Waals surface area contributed by atoms with Crippen molar-refractivity contribution in [3.63, 3.8) is 0 Å². The van der Waals surface area contributed by atoms with Gasteiger partial charge in [-0.1, -0.05) is 0 Å². The zero-order chi connectivity index (χ0) is 85.9. The fourth-order valence-electron chi connectivity index (χ4n) is 15.0. The van der Waals surface area contributed by atoms with Crippen LogP contribution in [0.4, 0.5) is 0 Å². The van der Waals surface area contributed by atoms with Gasteiger partial charge in [-0.3, -0.25) is 9.59 Å². The van der Waals surface area contributed by atoms with E-state index < -0.39 is 385 Å². The lowest BCUT2D eigenvalue weighted by molar-refractivity contribution is -0.411. The maximum Gasteiger partial charge on any atom is 0.217 e. The minimum Gasteiger partial charge on any atom is -0.394 e. The fraction of sp³-hybridized carbons (Fsp3) is 0.969. The van der Waals surface area contributed by atoms with Gasteiger partial charge < -0.3 is 254 Å². The molecular weight excluding hydrogens is 1610 g/mol. The van der Waals surface area contributed by atoms with E-state index in [1.54, 1.807) is 0 Å². The number of carbonyl (C=O) groups is 2. The second-order valence-corrected chi connectivity index (χ2v) is 29.5. The predicted octanol–water partition coefficient (Wildman–Crippen LogP) is -22.5. The highest BCUT2D eigenvalue weighted by molar-refractivity contribution is 5.73. The van der Waals surface area contributed by atoms with Gasteiger partial charge in [0.1, 0.15) is 244 Å². The Morgan fingerprint density at radius 2 is 0.470 bits per heavy atom. The Balaban J connectivity index is 0.950. The number of hydrogen-bond donors (Lipinski definition) is 32. The number of amides is 2. The number of nitrogens with one attached hydrogen (secondary N) is 2. The van der Waals surface area contributed by atoms with E-state index in [0.29, 0.717) is 0 Å². The van der Waals surface area contributed by atoms with Crippen molar-refractivity contribution in [3.8, 4) is 0 Å². The standard InChI is InChI=1S/C64H108N2O51/c1-13(75)65-25-35(85)48(21(9-73)101-55(25)98)111-56-26(66-14(2)76)36(86)49(22(10-74)108-56)112-61-47(97)51(34(84)24(110-61)12-99-57-43(93)39(89)32(82)23(109-57)11-100-62-52(40(90)29(79)17(5-69)105-62)115-59-45(95)38(88)28(78)16(4-68)103-59)114-63-54(42(92)31(81)18(6-70)106-63)117-64-53(41(91)30(80)19(7-71)107-64)116-60-46(96)50(33(83)20(8-72)104-60)113-58-44(94)37(87)27(77)15(3-67)102-58/h15-64,67-74,77-98H,3-12H2,1-2H3,(H,65,75)(H,66,76)/t15-,16-,17-,18-,19-,20-,21-,22-,23-,24-,25-,26-,27-,28-,29-,30-,31-,32-,33-,34-,35-,36-,37+,38+,39+,40+,41+,42+,43+,44-,45+,46+,47+,48-,49-,50+,51+,52+,53+,54+,55?,56+,57+,58-,59-,60-,61+,62+,63-,64-/m1/s1. The summed E-state index contributed by atoms with van der Waals surface area (Å²) in [6.45, 7) is -9.03. The largest absolute Gasteiger partial charge is 0.394 e. The lowest BCUT2D eigenvalue weighted by Gasteiger charge is -2.51. The van der Waals surface area contributed by atoms with Gasteiger partial charge in [0.25, 0.3) is 0 Å². The molecule has 117 heavy (non-hydrogen) atoms. The third-order valence-electron chi connectivity index (χ3n) is 21.7. The molecule has 2 amide bonds. The van der Waals surface area contributed by atoms with E-state index in [1.165, 1.54) is 0 Å². The van der Waals surface area contributed by atoms with E-state index >= 15 is 0 Å². The average Bonchev–Trinajstić information content (AvgIpc) is 0.767. The van der Waals surface area contributed by atoms with Crippen LogP contribution in [0.3, 0.4) is 0 Å². The van der Waals surface area contributed by atoms with Crippen LogP contribution in [0.5, 0.6) is 0 Å². The van der Waals surface area contributed by atoms with Gasteiger partial charge in [-0.2, -0.15) is 0 Å². The molecular formula is C64H108N2O51. The Morgan fingerprint density at radius 3 is 0.889 bits per heavy atom. The van der Waals surface area contributed by atoms with Crippen LogP contribution in [-0.4, -0.2) is 538 Å². The zero-order valence-corrected chi connectivity index (χ0v) is 61.9. The van der Waals surface area contributed by atoms with E-state index in [0.717, 1.165) is 13.8 Å². The topological polar surface area (TPSA) is 840 Å². The molecule has 680 valence electrons. The number of aliphatic hydroxyl groups is 30. The van der Waals surface area contributed by atoms with Crippen LogP contribution in [0.2, 0.25) is 0 Å². The maximum absolute atomic E-state index is 13.0. The summed E-state index contributed by atoms with van der Waals surface area (Å²) < 4.78 is 111. The molecule has 53 nitrogen and oxygen atoms in total. The molecule has 53 heteroatoms. The first-order chi connectivity index (χ1) is 55.4. The van der Waals surface area contributed by atoms with Gasteiger partial charge in [0, 0.05) is 13.8 Å². The lowest BCUT2D eigenvalue weighted by Crippen LogP contribution is -2.70. The molecule has 0 radical (unpaired) electrons. The molecule has 10 saturated heterocycles.